The Hall–Kier alpha value is -0.850. The molecule has 3 rings (SSSR count). The zero-order chi connectivity index (χ0) is 15.0. The molecular formula is C16H19N3S3. The zero-order valence-corrected chi connectivity index (χ0v) is 14.7. The van der Waals surface area contributed by atoms with Crippen molar-refractivity contribution in [1.82, 2.24) is 9.97 Å². The molecule has 1 aliphatic heterocycles. The van der Waals surface area contributed by atoms with Crippen molar-refractivity contribution >= 4 is 41.1 Å². The van der Waals surface area contributed by atoms with Crippen molar-refractivity contribution in [3.63, 3.8) is 0 Å². The fraction of sp³-hybridized carbons (Fsp3) is 0.375. The van der Waals surface area contributed by atoms with Gasteiger partial charge in [-0.15, -0.1) is 11.8 Å². The number of hydrogen-bond acceptors (Lipinski definition) is 6. The lowest BCUT2D eigenvalue weighted by atomic mass is 10.2. The van der Waals surface area contributed by atoms with Gasteiger partial charge < -0.3 is 5.32 Å². The Morgan fingerprint density at radius 3 is 2.91 bits per heavy atom. The molecular weight excluding hydrogens is 330 g/mol. The average Bonchev–Trinajstić information content (AvgIpc) is 2.60. The number of benzene rings is 1. The highest BCUT2D eigenvalue weighted by atomic mass is 32.2. The first-order valence-electron chi connectivity index (χ1n) is 7.32. The Morgan fingerprint density at radius 2 is 2.09 bits per heavy atom. The fourth-order valence-electron chi connectivity index (χ4n) is 2.11. The molecule has 3 nitrogen and oxygen atoms in total. The highest BCUT2D eigenvalue weighted by Gasteiger charge is 2.14. The molecule has 6 heteroatoms. The van der Waals surface area contributed by atoms with E-state index in [0.29, 0.717) is 5.25 Å². The summed E-state index contributed by atoms with van der Waals surface area (Å²) in [5, 5.41) is 5.09. The molecule has 1 saturated heterocycles. The highest BCUT2D eigenvalue weighted by Crippen LogP contribution is 2.25. The monoisotopic (exact) mass is 349 g/mol. The summed E-state index contributed by atoms with van der Waals surface area (Å²) in [4.78, 5) is 8.95. The van der Waals surface area contributed by atoms with Crippen molar-refractivity contribution in [1.29, 1.82) is 0 Å². The van der Waals surface area contributed by atoms with Crippen LogP contribution in [0, 0.1) is 0 Å². The van der Waals surface area contributed by atoms with Gasteiger partial charge in [-0.05, 0) is 5.56 Å². The smallest absolute Gasteiger partial charge is 0.145 e. The minimum absolute atomic E-state index is 0.682. The van der Waals surface area contributed by atoms with E-state index in [1.54, 1.807) is 11.8 Å². The molecule has 0 bridgehead atoms. The van der Waals surface area contributed by atoms with Gasteiger partial charge in [-0.25, -0.2) is 4.98 Å². The van der Waals surface area contributed by atoms with Gasteiger partial charge in [0, 0.05) is 34.8 Å². The second-order valence-electron chi connectivity index (χ2n) is 4.97. The Morgan fingerprint density at radius 1 is 1.18 bits per heavy atom. The van der Waals surface area contributed by atoms with Crippen LogP contribution in [0.15, 0.2) is 47.8 Å². The van der Waals surface area contributed by atoms with Crippen LogP contribution in [-0.4, -0.2) is 39.0 Å². The molecule has 2 heterocycles. The SMILES string of the molecule is c1ccc(CSc2cncc(NCC3CSCCS3)n2)cc1. The van der Waals surface area contributed by atoms with E-state index in [0.717, 1.165) is 23.1 Å². The standard InChI is InChI=1S/C16H19N3S3/c1-2-4-13(5-3-1)11-22-16-10-17-9-15(19-16)18-8-14-12-20-6-7-21-14/h1-5,9-10,14H,6-8,11-12H2,(H,18,19). The van der Waals surface area contributed by atoms with Crippen LogP contribution in [0.2, 0.25) is 0 Å². The molecule has 1 atom stereocenters. The quantitative estimate of drug-likeness (QED) is 0.794. The highest BCUT2D eigenvalue weighted by molar-refractivity contribution is 8.06. The van der Waals surface area contributed by atoms with Crippen molar-refractivity contribution in [2.24, 2.45) is 0 Å². The summed E-state index contributed by atoms with van der Waals surface area (Å²) in [5.41, 5.74) is 1.31. The van der Waals surface area contributed by atoms with Crippen molar-refractivity contribution < 1.29 is 0 Å². The lowest BCUT2D eigenvalue weighted by Crippen LogP contribution is -2.23. The van der Waals surface area contributed by atoms with Crippen molar-refractivity contribution in [2.75, 3.05) is 29.1 Å². The van der Waals surface area contributed by atoms with Crippen LogP contribution >= 0.6 is 35.3 Å². The first-order chi connectivity index (χ1) is 10.9. The van der Waals surface area contributed by atoms with Gasteiger partial charge in [0.15, 0.2) is 0 Å². The Bertz CT molecular complexity index is 574. The van der Waals surface area contributed by atoms with Crippen LogP contribution in [0.1, 0.15) is 5.56 Å². The number of nitrogens with zero attached hydrogens (tertiary/aromatic N) is 2. The minimum Gasteiger partial charge on any atom is -0.368 e. The fourth-order valence-corrected chi connectivity index (χ4v) is 5.52. The van der Waals surface area contributed by atoms with Gasteiger partial charge in [0.1, 0.15) is 10.8 Å². The van der Waals surface area contributed by atoms with Crippen LogP contribution in [0.25, 0.3) is 0 Å². The van der Waals surface area contributed by atoms with E-state index in [9.17, 15) is 0 Å². The third-order valence-electron chi connectivity index (χ3n) is 3.24. The molecule has 0 radical (unpaired) electrons. The van der Waals surface area contributed by atoms with Gasteiger partial charge in [-0.3, -0.25) is 4.98 Å². The van der Waals surface area contributed by atoms with E-state index in [1.807, 2.05) is 30.2 Å². The second-order valence-corrected chi connectivity index (χ2v) is 8.52. The number of rotatable bonds is 6. The number of hydrogen-bond donors (Lipinski definition) is 1. The average molecular weight is 350 g/mol. The van der Waals surface area contributed by atoms with E-state index in [1.165, 1.54) is 22.8 Å². The molecule has 1 aromatic heterocycles. The Labute approximate surface area is 144 Å². The molecule has 0 saturated carbocycles. The van der Waals surface area contributed by atoms with E-state index in [-0.39, 0.29) is 0 Å². The van der Waals surface area contributed by atoms with Gasteiger partial charge in [-0.1, -0.05) is 30.3 Å². The first-order valence-corrected chi connectivity index (χ1v) is 10.5. The maximum atomic E-state index is 4.65. The molecule has 1 N–H and O–H groups in total. The summed E-state index contributed by atoms with van der Waals surface area (Å²) in [6.45, 7) is 0.971. The molecule has 1 fully saturated rings. The third kappa shape index (κ3) is 5.11. The summed E-state index contributed by atoms with van der Waals surface area (Å²) < 4.78 is 0. The second kappa shape index (κ2) is 8.70. The molecule has 1 aliphatic rings. The normalized spacial score (nSPS) is 18.1. The lowest BCUT2D eigenvalue weighted by Gasteiger charge is -2.21. The molecule has 2 aromatic rings. The van der Waals surface area contributed by atoms with Gasteiger partial charge in [0.2, 0.25) is 0 Å². The Balaban J connectivity index is 1.51. The largest absolute Gasteiger partial charge is 0.368 e. The van der Waals surface area contributed by atoms with Crippen LogP contribution in [0.3, 0.4) is 0 Å². The molecule has 1 aromatic carbocycles. The third-order valence-corrected chi connectivity index (χ3v) is 7.05. The van der Waals surface area contributed by atoms with E-state index in [2.05, 4.69) is 51.3 Å². The maximum absolute atomic E-state index is 4.65. The van der Waals surface area contributed by atoms with E-state index >= 15 is 0 Å². The summed E-state index contributed by atoms with van der Waals surface area (Å²) in [6, 6.07) is 10.5. The van der Waals surface area contributed by atoms with Crippen LogP contribution in [0.5, 0.6) is 0 Å². The van der Waals surface area contributed by atoms with Crippen LogP contribution in [-0.2, 0) is 5.75 Å². The molecule has 0 aliphatic carbocycles. The number of nitrogens with one attached hydrogen (secondary N) is 1. The van der Waals surface area contributed by atoms with E-state index < -0.39 is 0 Å². The minimum atomic E-state index is 0.682. The molecule has 1 unspecified atom stereocenters. The van der Waals surface area contributed by atoms with Gasteiger partial charge in [0.05, 0.1) is 12.4 Å². The molecule has 116 valence electrons. The number of anilines is 1. The summed E-state index contributed by atoms with van der Waals surface area (Å²) in [6.07, 6.45) is 3.65. The van der Waals surface area contributed by atoms with Crippen molar-refractivity contribution in [3.8, 4) is 0 Å². The maximum Gasteiger partial charge on any atom is 0.145 e. The molecule has 22 heavy (non-hydrogen) atoms. The van der Waals surface area contributed by atoms with Crippen molar-refractivity contribution in [2.45, 2.75) is 16.0 Å². The predicted molar refractivity (Wildman–Crippen MR) is 100 cm³/mol. The zero-order valence-electron chi connectivity index (χ0n) is 12.3. The van der Waals surface area contributed by atoms with Gasteiger partial charge >= 0.3 is 0 Å². The van der Waals surface area contributed by atoms with Gasteiger partial charge in [-0.2, -0.15) is 23.5 Å². The summed E-state index contributed by atoms with van der Waals surface area (Å²) >= 11 is 5.83. The number of aromatic nitrogens is 2. The summed E-state index contributed by atoms with van der Waals surface area (Å²) in [7, 11) is 0. The van der Waals surface area contributed by atoms with Gasteiger partial charge in [0.25, 0.3) is 0 Å². The Kier molecular flexibility index (Phi) is 6.33. The predicted octanol–water partition coefficient (Wildman–Crippen LogP) is 4.03. The first kappa shape index (κ1) is 16.0. The molecule has 0 spiro atoms. The molecule has 0 amide bonds. The topological polar surface area (TPSA) is 37.8 Å². The number of thioether (sulfide) groups is 3. The summed E-state index contributed by atoms with van der Waals surface area (Å²) in [5.74, 6) is 5.58. The lowest BCUT2D eigenvalue weighted by molar-refractivity contribution is 0.966. The van der Waals surface area contributed by atoms with Crippen molar-refractivity contribution in [3.05, 3.63) is 48.3 Å². The van der Waals surface area contributed by atoms with Crippen LogP contribution < -0.4 is 5.32 Å². The van der Waals surface area contributed by atoms with E-state index in [4.69, 9.17) is 0 Å². The van der Waals surface area contributed by atoms with Crippen LogP contribution in [0.4, 0.5) is 5.82 Å².